The van der Waals surface area contributed by atoms with E-state index in [-0.39, 0.29) is 17.9 Å². The molecule has 18 heavy (non-hydrogen) atoms. The fourth-order valence-corrected chi connectivity index (χ4v) is 1.29. The molecule has 1 aromatic carbocycles. The molecule has 100 valence electrons. The monoisotopic (exact) mass is 264 g/mol. The van der Waals surface area contributed by atoms with Crippen molar-refractivity contribution in [3.05, 3.63) is 29.3 Å². The summed E-state index contributed by atoms with van der Waals surface area (Å²) in [6.07, 6.45) is -4.38. The standard InChI is InChI=1S/C11H11F3O4/c1-17-9-4-7(2-3-8(9)10(15)16)5-18-6-11(12,13)14/h2-4H,5-6H2,1H3,(H,15,16). The van der Waals surface area contributed by atoms with E-state index < -0.39 is 18.8 Å². The van der Waals surface area contributed by atoms with E-state index in [0.29, 0.717) is 5.56 Å². The van der Waals surface area contributed by atoms with Gasteiger partial charge in [0, 0.05) is 0 Å². The van der Waals surface area contributed by atoms with Crippen LogP contribution in [0.1, 0.15) is 15.9 Å². The minimum Gasteiger partial charge on any atom is -0.496 e. The second-order valence-electron chi connectivity index (χ2n) is 3.45. The van der Waals surface area contributed by atoms with Gasteiger partial charge in [-0.05, 0) is 17.7 Å². The van der Waals surface area contributed by atoms with E-state index in [0.717, 1.165) is 0 Å². The Morgan fingerprint density at radius 2 is 2.06 bits per heavy atom. The first-order valence-electron chi connectivity index (χ1n) is 4.88. The van der Waals surface area contributed by atoms with Crippen molar-refractivity contribution >= 4 is 5.97 Å². The molecule has 0 aromatic heterocycles. The summed E-state index contributed by atoms with van der Waals surface area (Å²) < 4.78 is 44.8. The Hall–Kier alpha value is -1.76. The Morgan fingerprint density at radius 1 is 1.39 bits per heavy atom. The number of aromatic carboxylic acids is 1. The predicted molar refractivity (Wildman–Crippen MR) is 55.7 cm³/mol. The van der Waals surface area contributed by atoms with Crippen molar-refractivity contribution < 1.29 is 32.5 Å². The van der Waals surface area contributed by atoms with E-state index in [9.17, 15) is 18.0 Å². The van der Waals surface area contributed by atoms with Gasteiger partial charge in [0.25, 0.3) is 0 Å². The first-order chi connectivity index (χ1) is 8.33. The maximum absolute atomic E-state index is 11.8. The molecule has 0 fully saturated rings. The molecular formula is C11H11F3O4. The van der Waals surface area contributed by atoms with Crippen molar-refractivity contribution in [3.8, 4) is 5.75 Å². The molecule has 1 aromatic rings. The van der Waals surface area contributed by atoms with Gasteiger partial charge >= 0.3 is 12.1 Å². The van der Waals surface area contributed by atoms with Crippen LogP contribution in [-0.2, 0) is 11.3 Å². The summed E-state index contributed by atoms with van der Waals surface area (Å²) in [5.41, 5.74) is 0.346. The van der Waals surface area contributed by atoms with Gasteiger partial charge in [-0.15, -0.1) is 0 Å². The summed E-state index contributed by atoms with van der Waals surface area (Å²) in [4.78, 5) is 10.8. The number of hydrogen-bond donors (Lipinski definition) is 1. The summed E-state index contributed by atoms with van der Waals surface area (Å²) in [5.74, 6) is -1.09. The lowest BCUT2D eigenvalue weighted by atomic mass is 10.1. The van der Waals surface area contributed by atoms with Gasteiger partial charge in [0.05, 0.1) is 13.7 Å². The molecule has 1 N–H and O–H groups in total. The minimum atomic E-state index is -4.38. The van der Waals surface area contributed by atoms with Crippen molar-refractivity contribution in [1.29, 1.82) is 0 Å². The summed E-state index contributed by atoms with van der Waals surface area (Å²) in [6.45, 7) is -1.62. The number of alkyl halides is 3. The molecule has 0 aliphatic carbocycles. The Balaban J connectivity index is 2.71. The van der Waals surface area contributed by atoms with Crippen LogP contribution in [-0.4, -0.2) is 31.0 Å². The third-order valence-electron chi connectivity index (χ3n) is 2.03. The number of rotatable bonds is 5. The zero-order chi connectivity index (χ0) is 13.8. The Labute approximate surface area is 101 Å². The van der Waals surface area contributed by atoms with Crippen LogP contribution in [0.2, 0.25) is 0 Å². The molecule has 4 nitrogen and oxygen atoms in total. The summed E-state index contributed by atoms with van der Waals surface area (Å²) in [6, 6.07) is 3.97. The van der Waals surface area contributed by atoms with Crippen molar-refractivity contribution in [3.63, 3.8) is 0 Å². The Morgan fingerprint density at radius 3 is 2.56 bits per heavy atom. The average Bonchev–Trinajstić information content (AvgIpc) is 2.26. The molecule has 0 aliphatic rings. The number of methoxy groups -OCH3 is 1. The molecule has 0 spiro atoms. The third-order valence-corrected chi connectivity index (χ3v) is 2.03. The van der Waals surface area contributed by atoms with E-state index in [4.69, 9.17) is 9.84 Å². The largest absolute Gasteiger partial charge is 0.496 e. The Kier molecular flexibility index (Phi) is 4.55. The summed E-state index contributed by atoms with van der Waals surface area (Å²) in [5, 5.41) is 8.81. The van der Waals surface area contributed by atoms with Gasteiger partial charge in [-0.2, -0.15) is 13.2 Å². The lowest BCUT2D eigenvalue weighted by Gasteiger charge is -2.10. The molecule has 1 rings (SSSR count). The van der Waals surface area contributed by atoms with Gasteiger partial charge in [0.15, 0.2) is 0 Å². The van der Waals surface area contributed by atoms with Crippen molar-refractivity contribution in [2.45, 2.75) is 12.8 Å². The normalized spacial score (nSPS) is 11.3. The second-order valence-corrected chi connectivity index (χ2v) is 3.45. The van der Waals surface area contributed by atoms with E-state index in [1.165, 1.54) is 25.3 Å². The molecule has 0 heterocycles. The highest BCUT2D eigenvalue weighted by Gasteiger charge is 2.27. The summed E-state index contributed by atoms with van der Waals surface area (Å²) in [7, 11) is 1.28. The molecule has 0 aliphatic heterocycles. The molecule has 0 atom stereocenters. The quantitative estimate of drug-likeness (QED) is 0.887. The van der Waals surface area contributed by atoms with Crippen LogP contribution in [0.25, 0.3) is 0 Å². The van der Waals surface area contributed by atoms with Crippen LogP contribution in [0, 0.1) is 0 Å². The highest BCUT2D eigenvalue weighted by Crippen LogP contribution is 2.21. The third kappa shape index (κ3) is 4.25. The number of halogens is 3. The molecule has 7 heteroatoms. The maximum atomic E-state index is 11.8. The van der Waals surface area contributed by atoms with Crippen LogP contribution in [0.5, 0.6) is 5.75 Å². The number of benzene rings is 1. The molecule has 0 unspecified atom stereocenters. The smallest absolute Gasteiger partial charge is 0.411 e. The van der Waals surface area contributed by atoms with Gasteiger partial charge in [-0.25, -0.2) is 4.79 Å². The van der Waals surface area contributed by atoms with Crippen molar-refractivity contribution in [1.82, 2.24) is 0 Å². The first kappa shape index (κ1) is 14.3. The SMILES string of the molecule is COc1cc(COCC(F)(F)F)ccc1C(=O)O. The van der Waals surface area contributed by atoms with Crippen LogP contribution >= 0.6 is 0 Å². The van der Waals surface area contributed by atoms with Gasteiger partial charge < -0.3 is 14.6 Å². The first-order valence-corrected chi connectivity index (χ1v) is 4.88. The lowest BCUT2D eigenvalue weighted by molar-refractivity contribution is -0.176. The number of carboxylic acids is 1. The van der Waals surface area contributed by atoms with Crippen LogP contribution in [0.15, 0.2) is 18.2 Å². The van der Waals surface area contributed by atoms with Crippen molar-refractivity contribution in [2.24, 2.45) is 0 Å². The highest BCUT2D eigenvalue weighted by molar-refractivity contribution is 5.90. The maximum Gasteiger partial charge on any atom is 0.411 e. The number of hydrogen-bond acceptors (Lipinski definition) is 3. The Bertz CT molecular complexity index is 429. The topological polar surface area (TPSA) is 55.8 Å². The molecular weight excluding hydrogens is 253 g/mol. The molecule has 0 saturated heterocycles. The minimum absolute atomic E-state index is 0.0583. The molecule has 0 radical (unpaired) electrons. The van der Waals surface area contributed by atoms with E-state index >= 15 is 0 Å². The van der Waals surface area contributed by atoms with Crippen LogP contribution in [0.4, 0.5) is 13.2 Å². The highest BCUT2D eigenvalue weighted by atomic mass is 19.4. The van der Waals surface area contributed by atoms with E-state index in [2.05, 4.69) is 4.74 Å². The van der Waals surface area contributed by atoms with E-state index in [1.807, 2.05) is 0 Å². The fourth-order valence-electron chi connectivity index (χ4n) is 1.29. The number of carbonyl (C=O) groups is 1. The zero-order valence-corrected chi connectivity index (χ0v) is 9.45. The summed E-state index contributed by atoms with van der Waals surface area (Å²) >= 11 is 0. The van der Waals surface area contributed by atoms with Gasteiger partial charge in [-0.3, -0.25) is 0 Å². The zero-order valence-electron chi connectivity index (χ0n) is 9.45. The van der Waals surface area contributed by atoms with Gasteiger partial charge in [0.2, 0.25) is 0 Å². The molecule has 0 amide bonds. The molecule has 0 bridgehead atoms. The average molecular weight is 264 g/mol. The van der Waals surface area contributed by atoms with Crippen molar-refractivity contribution in [2.75, 3.05) is 13.7 Å². The molecule has 0 saturated carbocycles. The lowest BCUT2D eigenvalue weighted by Crippen LogP contribution is -2.16. The van der Waals surface area contributed by atoms with Gasteiger partial charge in [-0.1, -0.05) is 6.07 Å². The van der Waals surface area contributed by atoms with Crippen LogP contribution in [0.3, 0.4) is 0 Å². The predicted octanol–water partition coefficient (Wildman–Crippen LogP) is 2.47. The second kappa shape index (κ2) is 5.72. The number of carboxylic acid groups (broad SMARTS) is 1. The van der Waals surface area contributed by atoms with Gasteiger partial charge in [0.1, 0.15) is 17.9 Å². The fraction of sp³-hybridized carbons (Fsp3) is 0.364. The van der Waals surface area contributed by atoms with E-state index in [1.54, 1.807) is 0 Å². The number of ether oxygens (including phenoxy) is 2. The van der Waals surface area contributed by atoms with Crippen LogP contribution < -0.4 is 4.74 Å².